The number of hydrogen-bond acceptors (Lipinski definition) is 5. The van der Waals surface area contributed by atoms with Gasteiger partial charge in [0.15, 0.2) is 6.10 Å². The molecule has 0 spiro atoms. The highest BCUT2D eigenvalue weighted by Crippen LogP contribution is 2.15. The van der Waals surface area contributed by atoms with Gasteiger partial charge in [-0.05, 0) is 25.1 Å². The first kappa shape index (κ1) is 16.0. The molecular weight excluding hydrogens is 262 g/mol. The molecule has 1 rings (SSSR count). The van der Waals surface area contributed by atoms with Gasteiger partial charge in [0.1, 0.15) is 5.75 Å². The first-order valence-electron chi connectivity index (χ1n) is 6.20. The molecule has 1 aromatic rings. The van der Waals surface area contributed by atoms with Crippen molar-refractivity contribution in [3.63, 3.8) is 0 Å². The number of ether oxygens (including phenoxy) is 3. The Kier molecular flexibility index (Phi) is 6.52. The van der Waals surface area contributed by atoms with Crippen LogP contribution in [0.3, 0.4) is 0 Å². The van der Waals surface area contributed by atoms with Gasteiger partial charge in [-0.15, -0.1) is 0 Å². The summed E-state index contributed by atoms with van der Waals surface area (Å²) in [5.41, 5.74) is 0.372. The highest BCUT2D eigenvalue weighted by Gasteiger charge is 2.15. The van der Waals surface area contributed by atoms with Crippen LogP contribution in [0.2, 0.25) is 0 Å². The minimum Gasteiger partial charge on any atom is -0.481 e. The lowest BCUT2D eigenvalue weighted by molar-refractivity contribution is -0.127. The first-order valence-corrected chi connectivity index (χ1v) is 6.20. The molecule has 20 heavy (non-hydrogen) atoms. The predicted molar refractivity (Wildman–Crippen MR) is 72.8 cm³/mol. The zero-order chi connectivity index (χ0) is 15.0. The minimum absolute atomic E-state index is 0.245. The summed E-state index contributed by atoms with van der Waals surface area (Å²) >= 11 is 0. The van der Waals surface area contributed by atoms with E-state index in [0.717, 1.165) is 0 Å². The molecule has 0 saturated heterocycles. The zero-order valence-electron chi connectivity index (χ0n) is 11.8. The monoisotopic (exact) mass is 281 g/mol. The van der Waals surface area contributed by atoms with Gasteiger partial charge in [-0.3, -0.25) is 4.79 Å². The van der Waals surface area contributed by atoms with Crippen LogP contribution in [0, 0.1) is 0 Å². The Morgan fingerprint density at radius 2 is 2.05 bits per heavy atom. The van der Waals surface area contributed by atoms with Crippen LogP contribution in [0.4, 0.5) is 0 Å². The lowest BCUT2D eigenvalue weighted by atomic mass is 10.2. The SMILES string of the molecule is COCCNC(=O)[C@@H](C)Oc1cccc(C(=O)OC)c1. The van der Waals surface area contributed by atoms with E-state index in [-0.39, 0.29) is 5.91 Å². The topological polar surface area (TPSA) is 73.9 Å². The molecule has 6 nitrogen and oxygen atoms in total. The molecule has 1 atom stereocenters. The quantitative estimate of drug-likeness (QED) is 0.596. The lowest BCUT2D eigenvalue weighted by Crippen LogP contribution is -2.37. The molecule has 0 fully saturated rings. The Hall–Kier alpha value is -2.08. The van der Waals surface area contributed by atoms with Crippen LogP contribution in [0.15, 0.2) is 24.3 Å². The van der Waals surface area contributed by atoms with Gasteiger partial charge >= 0.3 is 5.97 Å². The van der Waals surface area contributed by atoms with E-state index in [4.69, 9.17) is 9.47 Å². The summed E-state index contributed by atoms with van der Waals surface area (Å²) < 4.78 is 14.9. The second kappa shape index (κ2) is 8.16. The van der Waals surface area contributed by atoms with Gasteiger partial charge in [-0.25, -0.2) is 4.79 Å². The minimum atomic E-state index is -0.667. The highest BCUT2D eigenvalue weighted by atomic mass is 16.5. The molecule has 6 heteroatoms. The number of benzene rings is 1. The van der Waals surface area contributed by atoms with E-state index in [9.17, 15) is 9.59 Å². The van der Waals surface area contributed by atoms with E-state index >= 15 is 0 Å². The molecule has 0 saturated carbocycles. The van der Waals surface area contributed by atoms with Gasteiger partial charge in [0.05, 0.1) is 19.3 Å². The van der Waals surface area contributed by atoms with Crippen molar-refractivity contribution in [2.75, 3.05) is 27.4 Å². The van der Waals surface area contributed by atoms with Crippen molar-refractivity contribution in [1.29, 1.82) is 0 Å². The maximum absolute atomic E-state index is 11.7. The predicted octanol–water partition coefficient (Wildman–Crippen LogP) is 1.00. The standard InChI is InChI=1S/C14H19NO5/c1-10(13(16)15-7-8-18-2)20-12-6-4-5-11(9-12)14(17)19-3/h4-6,9-10H,7-8H2,1-3H3,(H,15,16)/t10-/m1/s1. The Morgan fingerprint density at radius 3 is 2.70 bits per heavy atom. The molecular formula is C14H19NO5. The largest absolute Gasteiger partial charge is 0.481 e. The van der Waals surface area contributed by atoms with E-state index in [1.165, 1.54) is 13.2 Å². The molecule has 0 aliphatic rings. The van der Waals surface area contributed by atoms with Crippen molar-refractivity contribution in [3.05, 3.63) is 29.8 Å². The molecule has 110 valence electrons. The summed E-state index contributed by atoms with van der Waals surface area (Å²) in [5, 5.41) is 2.67. The number of carbonyl (C=O) groups excluding carboxylic acids is 2. The van der Waals surface area contributed by atoms with E-state index in [1.807, 2.05) is 0 Å². The third-order valence-corrected chi connectivity index (χ3v) is 2.54. The molecule has 1 N–H and O–H groups in total. The van der Waals surface area contributed by atoms with E-state index in [0.29, 0.717) is 24.5 Å². The van der Waals surface area contributed by atoms with Gasteiger partial charge in [-0.1, -0.05) is 6.07 Å². The Labute approximate surface area is 118 Å². The van der Waals surface area contributed by atoms with E-state index < -0.39 is 12.1 Å². The van der Waals surface area contributed by atoms with Gasteiger partial charge in [-0.2, -0.15) is 0 Å². The number of carbonyl (C=O) groups is 2. The molecule has 0 aromatic heterocycles. The summed E-state index contributed by atoms with van der Waals surface area (Å²) in [6.45, 7) is 2.49. The Balaban J connectivity index is 2.59. The normalized spacial score (nSPS) is 11.6. The maximum atomic E-state index is 11.7. The number of methoxy groups -OCH3 is 2. The smallest absolute Gasteiger partial charge is 0.337 e. The van der Waals surface area contributed by atoms with Crippen molar-refractivity contribution in [3.8, 4) is 5.75 Å². The van der Waals surface area contributed by atoms with Crippen molar-refractivity contribution < 1.29 is 23.8 Å². The van der Waals surface area contributed by atoms with Crippen molar-refractivity contribution >= 4 is 11.9 Å². The van der Waals surface area contributed by atoms with Crippen LogP contribution in [-0.4, -0.2) is 45.4 Å². The summed E-state index contributed by atoms with van der Waals surface area (Å²) in [6, 6.07) is 6.48. The molecule has 0 heterocycles. The van der Waals surface area contributed by atoms with Gasteiger partial charge in [0.25, 0.3) is 5.91 Å². The number of rotatable bonds is 7. The van der Waals surface area contributed by atoms with Gasteiger partial charge in [0.2, 0.25) is 0 Å². The number of nitrogens with one attached hydrogen (secondary N) is 1. The molecule has 0 aliphatic carbocycles. The third kappa shape index (κ3) is 4.89. The number of esters is 1. The Bertz CT molecular complexity index is 461. The van der Waals surface area contributed by atoms with Crippen molar-refractivity contribution in [1.82, 2.24) is 5.32 Å². The summed E-state index contributed by atoms with van der Waals surface area (Å²) in [6.07, 6.45) is -0.667. The maximum Gasteiger partial charge on any atom is 0.337 e. The van der Waals surface area contributed by atoms with Gasteiger partial charge in [0, 0.05) is 13.7 Å². The van der Waals surface area contributed by atoms with Crippen molar-refractivity contribution in [2.24, 2.45) is 0 Å². The zero-order valence-corrected chi connectivity index (χ0v) is 11.8. The number of amides is 1. The molecule has 0 unspecified atom stereocenters. The van der Waals surface area contributed by atoms with Crippen LogP contribution >= 0.6 is 0 Å². The fraction of sp³-hybridized carbons (Fsp3) is 0.429. The average Bonchev–Trinajstić information content (AvgIpc) is 2.46. The number of hydrogen-bond donors (Lipinski definition) is 1. The highest BCUT2D eigenvalue weighted by molar-refractivity contribution is 5.89. The second-order valence-corrected chi connectivity index (χ2v) is 4.06. The van der Waals surface area contributed by atoms with Crippen LogP contribution < -0.4 is 10.1 Å². The average molecular weight is 281 g/mol. The molecule has 0 aliphatic heterocycles. The fourth-order valence-electron chi connectivity index (χ4n) is 1.49. The van der Waals surface area contributed by atoms with E-state index in [1.54, 1.807) is 32.2 Å². The third-order valence-electron chi connectivity index (χ3n) is 2.54. The molecule has 0 bridgehead atoms. The van der Waals surface area contributed by atoms with Crippen molar-refractivity contribution in [2.45, 2.75) is 13.0 Å². The van der Waals surface area contributed by atoms with Gasteiger partial charge < -0.3 is 19.5 Å². The summed E-state index contributed by atoms with van der Waals surface area (Å²) in [5.74, 6) is -0.263. The summed E-state index contributed by atoms with van der Waals surface area (Å²) in [4.78, 5) is 23.1. The second-order valence-electron chi connectivity index (χ2n) is 4.06. The first-order chi connectivity index (χ1) is 9.58. The van der Waals surface area contributed by atoms with Crippen LogP contribution in [-0.2, 0) is 14.3 Å². The summed E-state index contributed by atoms with van der Waals surface area (Å²) in [7, 11) is 2.87. The lowest BCUT2D eigenvalue weighted by Gasteiger charge is -2.15. The van der Waals surface area contributed by atoms with E-state index in [2.05, 4.69) is 10.1 Å². The van der Waals surface area contributed by atoms with Crippen LogP contribution in [0.5, 0.6) is 5.75 Å². The van der Waals surface area contributed by atoms with Crippen LogP contribution in [0.1, 0.15) is 17.3 Å². The molecule has 1 amide bonds. The van der Waals surface area contributed by atoms with Crippen LogP contribution in [0.25, 0.3) is 0 Å². The molecule has 0 radical (unpaired) electrons. The Morgan fingerprint density at radius 1 is 1.30 bits per heavy atom. The molecule has 1 aromatic carbocycles. The fourth-order valence-corrected chi connectivity index (χ4v) is 1.49.